The molecule has 0 aliphatic heterocycles. The van der Waals surface area contributed by atoms with Crippen LogP contribution in [0.15, 0.2) is 48.5 Å². The summed E-state index contributed by atoms with van der Waals surface area (Å²) < 4.78 is 5.33. The molecule has 2 nitrogen and oxygen atoms in total. The highest BCUT2D eigenvalue weighted by atomic mass is 35.5. The standard InChI is InChI=1S/C25H33Cl2O2P/c26-22-18-14-19-23(27)24(22)25(28)29-30-20-13-8-6-4-2-1-3-5-7-10-15-21-16-11-9-12-17-21/h9,11-12,14,16-19,30H,1-8,10,13,15,20H2. The first-order valence-electron chi connectivity index (χ1n) is 11.1. The highest BCUT2D eigenvalue weighted by Crippen LogP contribution is 2.28. The third kappa shape index (κ3) is 10.3. The van der Waals surface area contributed by atoms with Gasteiger partial charge in [-0.3, -0.25) is 0 Å². The van der Waals surface area contributed by atoms with Gasteiger partial charge < -0.3 is 4.52 Å². The van der Waals surface area contributed by atoms with E-state index in [4.69, 9.17) is 27.7 Å². The van der Waals surface area contributed by atoms with Crippen LogP contribution in [-0.2, 0) is 10.9 Å². The molecule has 0 saturated carbocycles. The SMILES string of the molecule is O=C(OPCCCCCCCCCCCCc1ccccc1)c1c(Cl)cccc1Cl. The van der Waals surface area contributed by atoms with Crippen molar-refractivity contribution in [2.45, 2.75) is 70.6 Å². The number of hydrogen-bond acceptors (Lipinski definition) is 2. The minimum absolute atomic E-state index is 0.165. The van der Waals surface area contributed by atoms with Crippen molar-refractivity contribution in [2.24, 2.45) is 0 Å². The molecule has 30 heavy (non-hydrogen) atoms. The second-order valence-electron chi connectivity index (χ2n) is 7.65. The Morgan fingerprint density at radius 2 is 1.23 bits per heavy atom. The normalized spacial score (nSPS) is 11.3. The molecule has 5 heteroatoms. The van der Waals surface area contributed by atoms with E-state index in [0.717, 1.165) is 12.6 Å². The van der Waals surface area contributed by atoms with E-state index in [1.165, 1.54) is 69.8 Å². The maximum Gasteiger partial charge on any atom is 0.343 e. The summed E-state index contributed by atoms with van der Waals surface area (Å²) in [5, 5.41) is 0.682. The van der Waals surface area contributed by atoms with Crippen molar-refractivity contribution in [3.05, 3.63) is 69.7 Å². The number of aryl methyl sites for hydroxylation is 1. The van der Waals surface area contributed by atoms with Crippen molar-refractivity contribution < 1.29 is 9.32 Å². The van der Waals surface area contributed by atoms with Gasteiger partial charge in [0.25, 0.3) is 0 Å². The zero-order valence-electron chi connectivity index (χ0n) is 17.7. The lowest BCUT2D eigenvalue weighted by Gasteiger charge is -2.07. The molecule has 2 rings (SSSR count). The molecule has 0 aromatic heterocycles. The van der Waals surface area contributed by atoms with Gasteiger partial charge >= 0.3 is 5.97 Å². The zero-order chi connectivity index (χ0) is 21.4. The molecule has 0 fully saturated rings. The van der Waals surface area contributed by atoms with Crippen molar-refractivity contribution in [3.63, 3.8) is 0 Å². The van der Waals surface area contributed by atoms with E-state index in [1.54, 1.807) is 18.2 Å². The molecule has 2 aromatic carbocycles. The monoisotopic (exact) mass is 466 g/mol. The summed E-state index contributed by atoms with van der Waals surface area (Å²) in [6.07, 6.45) is 15.0. The van der Waals surface area contributed by atoms with Crippen molar-refractivity contribution in [1.29, 1.82) is 0 Å². The average molecular weight is 467 g/mol. The molecule has 164 valence electrons. The molecule has 0 spiro atoms. The summed E-state index contributed by atoms with van der Waals surface area (Å²) >= 11 is 12.1. The quantitative estimate of drug-likeness (QED) is 0.193. The van der Waals surface area contributed by atoms with Crippen LogP contribution in [0.2, 0.25) is 10.0 Å². The fourth-order valence-electron chi connectivity index (χ4n) is 3.45. The number of carbonyl (C=O) groups is 1. The van der Waals surface area contributed by atoms with Gasteiger partial charge in [0.15, 0.2) is 0 Å². The van der Waals surface area contributed by atoms with Crippen LogP contribution in [0.25, 0.3) is 0 Å². The lowest BCUT2D eigenvalue weighted by molar-refractivity contribution is 0.0760. The van der Waals surface area contributed by atoms with E-state index in [1.807, 2.05) is 0 Å². The number of benzene rings is 2. The molecule has 1 unspecified atom stereocenters. The predicted molar refractivity (Wildman–Crippen MR) is 131 cm³/mol. The summed E-state index contributed by atoms with van der Waals surface area (Å²) in [5.41, 5.74) is 1.73. The number of carbonyl (C=O) groups excluding carboxylic acids is 1. The molecule has 0 amide bonds. The van der Waals surface area contributed by atoms with Crippen LogP contribution in [0, 0.1) is 0 Å². The lowest BCUT2D eigenvalue weighted by Crippen LogP contribution is -2.01. The zero-order valence-corrected chi connectivity index (χ0v) is 20.2. The second kappa shape index (κ2) is 15.7. The fraction of sp³-hybridized carbons (Fsp3) is 0.480. The van der Waals surface area contributed by atoms with Gasteiger partial charge in [0.1, 0.15) is 0 Å². The van der Waals surface area contributed by atoms with Crippen LogP contribution >= 0.6 is 32.0 Å². The molecule has 0 heterocycles. The molecule has 0 saturated heterocycles. The molecular formula is C25H33Cl2O2P. The van der Waals surface area contributed by atoms with E-state index in [-0.39, 0.29) is 14.4 Å². The topological polar surface area (TPSA) is 26.3 Å². The molecule has 0 bridgehead atoms. The van der Waals surface area contributed by atoms with Crippen molar-refractivity contribution in [2.75, 3.05) is 6.16 Å². The molecule has 0 radical (unpaired) electrons. The van der Waals surface area contributed by atoms with Gasteiger partial charge in [-0.05, 0) is 37.0 Å². The Morgan fingerprint density at radius 1 is 0.700 bits per heavy atom. The van der Waals surface area contributed by atoms with Crippen molar-refractivity contribution in [3.8, 4) is 0 Å². The van der Waals surface area contributed by atoms with E-state index < -0.39 is 5.97 Å². The summed E-state index contributed by atoms with van der Waals surface area (Å²) in [7, 11) is 0.165. The van der Waals surface area contributed by atoms with Crippen molar-refractivity contribution in [1.82, 2.24) is 0 Å². The molecular weight excluding hydrogens is 434 g/mol. The minimum atomic E-state index is -0.423. The largest absolute Gasteiger partial charge is 0.445 e. The van der Waals surface area contributed by atoms with Crippen LogP contribution in [0.3, 0.4) is 0 Å². The third-order valence-electron chi connectivity index (χ3n) is 5.17. The predicted octanol–water partition coefficient (Wildman–Crippen LogP) is 8.89. The van der Waals surface area contributed by atoms with Gasteiger partial charge in [-0.25, -0.2) is 4.79 Å². The summed E-state index contributed by atoms with van der Waals surface area (Å²) in [6, 6.07) is 15.8. The Balaban J connectivity index is 1.36. The van der Waals surface area contributed by atoms with Crippen LogP contribution < -0.4 is 0 Å². The lowest BCUT2D eigenvalue weighted by atomic mass is 10.0. The first-order valence-corrected chi connectivity index (χ1v) is 13.0. The van der Waals surface area contributed by atoms with E-state index in [2.05, 4.69) is 30.3 Å². The Hall–Kier alpha value is -1.08. The summed E-state index contributed by atoms with van der Waals surface area (Å²) in [6.45, 7) is 0. The Morgan fingerprint density at radius 3 is 1.83 bits per heavy atom. The van der Waals surface area contributed by atoms with Crippen LogP contribution in [0.1, 0.15) is 80.1 Å². The summed E-state index contributed by atoms with van der Waals surface area (Å²) in [5.74, 6) is -0.423. The first kappa shape index (κ1) is 25.2. The summed E-state index contributed by atoms with van der Waals surface area (Å²) in [4.78, 5) is 12.1. The molecule has 2 aromatic rings. The molecule has 0 aliphatic rings. The Bertz CT molecular complexity index is 717. The smallest absolute Gasteiger partial charge is 0.343 e. The molecule has 1 atom stereocenters. The van der Waals surface area contributed by atoms with Gasteiger partial charge in [-0.2, -0.15) is 0 Å². The minimum Gasteiger partial charge on any atom is -0.445 e. The van der Waals surface area contributed by atoms with Crippen molar-refractivity contribution >= 4 is 38.0 Å². The average Bonchev–Trinajstić information content (AvgIpc) is 2.74. The van der Waals surface area contributed by atoms with Gasteiger partial charge in [0.05, 0.1) is 24.4 Å². The van der Waals surface area contributed by atoms with E-state index >= 15 is 0 Å². The van der Waals surface area contributed by atoms with Crippen LogP contribution in [0.5, 0.6) is 0 Å². The fourth-order valence-corrected chi connectivity index (χ4v) is 4.73. The Kier molecular flexibility index (Phi) is 13.2. The van der Waals surface area contributed by atoms with Crippen LogP contribution in [0.4, 0.5) is 0 Å². The second-order valence-corrected chi connectivity index (χ2v) is 9.46. The van der Waals surface area contributed by atoms with Gasteiger partial charge in [0, 0.05) is 6.16 Å². The molecule has 0 N–H and O–H groups in total. The van der Waals surface area contributed by atoms with Crippen LogP contribution in [-0.4, -0.2) is 12.1 Å². The number of halogens is 2. The maximum absolute atomic E-state index is 12.1. The van der Waals surface area contributed by atoms with E-state index in [0.29, 0.717) is 10.0 Å². The third-order valence-corrected chi connectivity index (χ3v) is 6.69. The number of rotatable bonds is 15. The van der Waals surface area contributed by atoms with Gasteiger partial charge in [0.2, 0.25) is 0 Å². The number of hydrogen-bond donors (Lipinski definition) is 0. The Labute approximate surface area is 193 Å². The van der Waals surface area contributed by atoms with Gasteiger partial charge in [-0.1, -0.05) is 111 Å². The highest BCUT2D eigenvalue weighted by molar-refractivity contribution is 7.32. The van der Waals surface area contributed by atoms with Gasteiger partial charge in [-0.15, -0.1) is 0 Å². The van der Waals surface area contributed by atoms with E-state index in [9.17, 15) is 4.79 Å². The maximum atomic E-state index is 12.1. The highest BCUT2D eigenvalue weighted by Gasteiger charge is 2.15. The number of unbranched alkanes of at least 4 members (excludes halogenated alkanes) is 9. The first-order chi connectivity index (χ1) is 14.7. The molecule has 0 aliphatic carbocycles.